The molecule has 2 aliphatic heterocycles. The van der Waals surface area contributed by atoms with Crippen LogP contribution in [0.2, 0.25) is 0 Å². The summed E-state index contributed by atoms with van der Waals surface area (Å²) in [5.74, 6) is -9.08. The zero-order valence-electron chi connectivity index (χ0n) is 26.1. The first-order valence-corrected chi connectivity index (χ1v) is 15.0. The number of Topliss-reactive ketones (excluding diaryl/α,β-unsaturated/α-hetero) is 1. The van der Waals surface area contributed by atoms with Gasteiger partial charge in [-0.15, -0.1) is 0 Å². The number of carboxylic acid groups (broad SMARTS) is 1. The van der Waals surface area contributed by atoms with Gasteiger partial charge in [-0.05, 0) is 50.5 Å². The fourth-order valence-electron chi connectivity index (χ4n) is 8.95. The lowest BCUT2D eigenvalue weighted by Gasteiger charge is -2.67. The Morgan fingerprint density at radius 3 is 2.43 bits per heavy atom. The van der Waals surface area contributed by atoms with Crippen LogP contribution >= 0.6 is 0 Å². The summed E-state index contributed by atoms with van der Waals surface area (Å²) in [5, 5.41) is 32.5. The lowest BCUT2D eigenvalue weighted by Crippen LogP contribution is -2.79. The lowest BCUT2D eigenvalue weighted by atomic mass is 9.38. The molecular weight excluding hydrogens is 610 g/mol. The number of nitrogens with two attached hydrogens (primary N) is 1. The zero-order valence-corrected chi connectivity index (χ0v) is 26.1. The van der Waals surface area contributed by atoms with Crippen LogP contribution in [0, 0.1) is 28.6 Å². The van der Waals surface area contributed by atoms with Crippen molar-refractivity contribution in [3.63, 3.8) is 0 Å². The monoisotopic (exact) mass is 649 g/mol. The Bertz CT molecular complexity index is 1450. The van der Waals surface area contributed by atoms with Crippen LogP contribution in [0.4, 0.5) is 0 Å². The van der Waals surface area contributed by atoms with Crippen LogP contribution < -0.4 is 5.73 Å². The minimum absolute atomic E-state index is 0.0402. The van der Waals surface area contributed by atoms with Gasteiger partial charge in [0.25, 0.3) is 0 Å². The highest BCUT2D eigenvalue weighted by molar-refractivity contribution is 5.98. The van der Waals surface area contributed by atoms with Crippen LogP contribution in [-0.4, -0.2) is 101 Å². The van der Waals surface area contributed by atoms with Gasteiger partial charge in [-0.2, -0.15) is 0 Å². The van der Waals surface area contributed by atoms with E-state index in [1.165, 1.54) is 0 Å². The average Bonchev–Trinajstić information content (AvgIpc) is 3.28. The van der Waals surface area contributed by atoms with Crippen LogP contribution in [0.3, 0.4) is 0 Å². The number of aliphatic hydroxyl groups excluding tert-OH is 2. The van der Waals surface area contributed by atoms with E-state index in [-0.39, 0.29) is 38.0 Å². The van der Waals surface area contributed by atoms with Crippen molar-refractivity contribution in [1.82, 2.24) is 0 Å². The topological polar surface area (TPSA) is 235 Å². The smallest absolute Gasteiger partial charge is 0.348 e. The fraction of sp³-hybridized carbons (Fsp3) is 0.677. The van der Waals surface area contributed by atoms with Gasteiger partial charge >= 0.3 is 29.8 Å². The maximum atomic E-state index is 13.7. The van der Waals surface area contributed by atoms with E-state index >= 15 is 0 Å². The van der Waals surface area contributed by atoms with Gasteiger partial charge in [0.2, 0.25) is 11.7 Å². The van der Waals surface area contributed by atoms with Gasteiger partial charge in [0.15, 0.2) is 11.5 Å². The summed E-state index contributed by atoms with van der Waals surface area (Å²) in [4.78, 5) is 77.3. The number of methoxy groups -OCH3 is 1. The predicted octanol–water partition coefficient (Wildman–Crippen LogP) is -0.306. The average molecular weight is 650 g/mol. The van der Waals surface area contributed by atoms with Gasteiger partial charge < -0.3 is 44.7 Å². The number of aliphatic carboxylic acids is 1. The molecule has 46 heavy (non-hydrogen) atoms. The molecule has 3 aliphatic carbocycles. The molecule has 5 aliphatic rings. The van der Waals surface area contributed by atoms with Gasteiger partial charge in [-0.3, -0.25) is 9.59 Å². The second kappa shape index (κ2) is 11.5. The summed E-state index contributed by atoms with van der Waals surface area (Å²) in [7, 11) is 1.06. The summed E-state index contributed by atoms with van der Waals surface area (Å²) in [6.45, 7) is 6.26. The molecule has 5 rings (SSSR count). The first-order valence-electron chi connectivity index (χ1n) is 15.0. The van der Waals surface area contributed by atoms with Crippen LogP contribution in [0.5, 0.6) is 0 Å². The molecule has 0 amide bonds. The number of ether oxygens (including phenoxy) is 5. The van der Waals surface area contributed by atoms with Gasteiger partial charge in [0.05, 0.1) is 25.7 Å². The summed E-state index contributed by atoms with van der Waals surface area (Å²) >= 11 is 0. The first-order chi connectivity index (χ1) is 21.5. The fourth-order valence-corrected chi connectivity index (χ4v) is 8.95. The maximum Gasteiger partial charge on any atom is 0.348 e. The van der Waals surface area contributed by atoms with Crippen LogP contribution in [0.1, 0.15) is 53.4 Å². The number of aliphatic hydroxyl groups is 2. The van der Waals surface area contributed by atoms with Crippen molar-refractivity contribution in [3.05, 3.63) is 23.0 Å². The van der Waals surface area contributed by atoms with Gasteiger partial charge in [-0.25, -0.2) is 19.2 Å². The van der Waals surface area contributed by atoms with Crippen LogP contribution in [0.15, 0.2) is 23.0 Å². The molecule has 0 aromatic heterocycles. The number of rotatable bonds is 8. The third kappa shape index (κ3) is 4.69. The standard InChI is InChI=1S/C31H39NO14/c1-12(2)8-19(36)45-22-24-30-11-43-31(24,28(41)42-5)25(38)20(37)23(30)29(4)10-16(33)21(46-26(39)15(32)6-7-18(34)35)13(3)14(29)9-17(30)44-27(22)40/h8,14-15,17,20,22-25,37-38H,6-7,9-11,32H2,1-5H3,(H,34,35)/t14-,15-,17+,20+,22+,23?,24+,25-,29-,30+,31-/m0/s1. The number of allylic oxidation sites excluding steroid dienone is 3. The van der Waals surface area contributed by atoms with E-state index in [0.717, 1.165) is 13.2 Å². The van der Waals surface area contributed by atoms with E-state index in [1.54, 1.807) is 27.7 Å². The Balaban J connectivity index is 1.61. The second-order valence-corrected chi connectivity index (χ2v) is 13.4. The molecule has 11 atom stereocenters. The Hall–Kier alpha value is -3.66. The van der Waals surface area contributed by atoms with Gasteiger partial charge in [0.1, 0.15) is 18.2 Å². The Labute approximate surface area is 264 Å². The number of carbonyl (C=O) groups excluding carboxylic acids is 5. The number of hydrogen-bond donors (Lipinski definition) is 4. The third-order valence-corrected chi connectivity index (χ3v) is 10.6. The molecule has 252 valence electrons. The number of hydrogen-bond acceptors (Lipinski definition) is 14. The highest BCUT2D eigenvalue weighted by Gasteiger charge is 2.85. The molecule has 15 nitrogen and oxygen atoms in total. The van der Waals surface area contributed by atoms with Crippen molar-refractivity contribution >= 4 is 35.6 Å². The van der Waals surface area contributed by atoms with Crippen molar-refractivity contribution in [2.75, 3.05) is 13.7 Å². The molecule has 0 aromatic carbocycles. The Kier molecular flexibility index (Phi) is 8.46. The molecule has 1 spiro atoms. The van der Waals surface area contributed by atoms with Gasteiger partial charge in [0, 0.05) is 30.3 Å². The molecule has 0 aromatic rings. The summed E-state index contributed by atoms with van der Waals surface area (Å²) < 4.78 is 28.1. The lowest BCUT2D eigenvalue weighted by molar-refractivity contribution is -0.290. The van der Waals surface area contributed by atoms with Crippen molar-refractivity contribution in [2.24, 2.45) is 34.3 Å². The molecule has 15 heteroatoms. The minimum atomic E-state index is -2.31. The number of esters is 4. The number of ketones is 1. The van der Waals surface area contributed by atoms with Gasteiger partial charge in [-0.1, -0.05) is 12.5 Å². The van der Waals surface area contributed by atoms with E-state index in [2.05, 4.69) is 0 Å². The largest absolute Gasteiger partial charge is 0.481 e. The van der Waals surface area contributed by atoms with Crippen molar-refractivity contribution in [2.45, 2.75) is 89.4 Å². The molecule has 1 unspecified atom stereocenters. The van der Waals surface area contributed by atoms with E-state index < -0.39 is 100 Å². The molecular formula is C31H39NO14. The molecule has 4 fully saturated rings. The summed E-state index contributed by atoms with van der Waals surface area (Å²) in [6, 6.07) is -1.31. The number of carboxylic acids is 1. The van der Waals surface area contributed by atoms with Crippen molar-refractivity contribution < 1.29 is 67.8 Å². The predicted molar refractivity (Wildman–Crippen MR) is 151 cm³/mol. The summed E-state index contributed by atoms with van der Waals surface area (Å²) in [5.41, 5.74) is 1.79. The van der Waals surface area contributed by atoms with Crippen LogP contribution in [0.25, 0.3) is 0 Å². The normalized spacial score (nSPS) is 39.7. The quantitative estimate of drug-likeness (QED) is 0.150. The zero-order chi connectivity index (χ0) is 34.1. The van der Waals surface area contributed by atoms with E-state index in [1.807, 2.05) is 0 Å². The molecule has 2 saturated heterocycles. The highest BCUT2D eigenvalue weighted by Crippen LogP contribution is 2.72. The van der Waals surface area contributed by atoms with E-state index in [4.69, 9.17) is 34.5 Å². The molecule has 0 radical (unpaired) electrons. The van der Waals surface area contributed by atoms with E-state index in [0.29, 0.717) is 11.1 Å². The first kappa shape index (κ1) is 33.7. The summed E-state index contributed by atoms with van der Waals surface area (Å²) in [6.07, 6.45) is -6.16. The van der Waals surface area contributed by atoms with Crippen molar-refractivity contribution in [3.8, 4) is 0 Å². The van der Waals surface area contributed by atoms with E-state index in [9.17, 15) is 39.0 Å². The Morgan fingerprint density at radius 2 is 1.83 bits per heavy atom. The van der Waals surface area contributed by atoms with Crippen molar-refractivity contribution in [1.29, 1.82) is 0 Å². The minimum Gasteiger partial charge on any atom is -0.481 e. The Morgan fingerprint density at radius 1 is 1.15 bits per heavy atom. The highest BCUT2D eigenvalue weighted by atomic mass is 16.6. The molecule has 2 bridgehead atoms. The SMILES string of the molecule is COC(=O)[C@@]12OC[C@]34C([C@@H](O)[C@@H]1O)[C@@]1(C)CC(=O)C(OC(=O)[C@@H](N)CCC(=O)O)=C(C)[C@@H]1C[C@H]3OC(=O)[C@H](OC(=O)C=C(C)C)[C@@H]24. The molecule has 2 heterocycles. The molecule has 5 N–H and O–H groups in total. The second-order valence-electron chi connectivity index (χ2n) is 13.4. The third-order valence-electron chi connectivity index (χ3n) is 10.6. The number of fused-ring (bicyclic) bond motifs is 2. The number of carbonyl (C=O) groups is 6. The molecule has 2 saturated carbocycles. The maximum absolute atomic E-state index is 13.7. The van der Waals surface area contributed by atoms with Crippen LogP contribution in [-0.2, 0) is 52.5 Å².